The molecule has 2 aromatic heterocycles. The first-order valence-electron chi connectivity index (χ1n) is 6.78. The van der Waals surface area contributed by atoms with Crippen LogP contribution < -0.4 is 10.1 Å². The van der Waals surface area contributed by atoms with Crippen molar-refractivity contribution in [2.75, 3.05) is 6.61 Å². The number of carbonyl (C=O) groups excluding carboxylic acids is 1. The van der Waals surface area contributed by atoms with Crippen molar-refractivity contribution < 1.29 is 9.53 Å². The van der Waals surface area contributed by atoms with Crippen LogP contribution in [0.4, 0.5) is 0 Å². The van der Waals surface area contributed by atoms with Crippen LogP contribution in [0.1, 0.15) is 5.69 Å². The number of carbonyl (C=O) groups is 1. The molecular formula is C16H14BrN3O2. The maximum absolute atomic E-state index is 11.8. The van der Waals surface area contributed by atoms with E-state index in [4.69, 9.17) is 4.74 Å². The summed E-state index contributed by atoms with van der Waals surface area (Å²) in [6, 6.07) is 13.1. The average molecular weight is 360 g/mol. The SMILES string of the molecule is O=C(COc1ccccc1)NCc1cn2cc(Br)ccc2n1. The lowest BCUT2D eigenvalue weighted by Crippen LogP contribution is -2.28. The number of nitrogens with zero attached hydrogens (tertiary/aromatic N) is 2. The molecule has 0 aliphatic heterocycles. The Bertz CT molecular complexity index is 786. The van der Waals surface area contributed by atoms with E-state index in [1.807, 2.05) is 59.3 Å². The van der Waals surface area contributed by atoms with Gasteiger partial charge in [0.25, 0.3) is 5.91 Å². The Morgan fingerprint density at radius 1 is 1.18 bits per heavy atom. The molecule has 5 nitrogen and oxygen atoms in total. The van der Waals surface area contributed by atoms with Crippen LogP contribution in [0.25, 0.3) is 5.65 Å². The highest BCUT2D eigenvalue weighted by Crippen LogP contribution is 2.12. The number of hydrogen-bond acceptors (Lipinski definition) is 3. The average Bonchev–Trinajstić information content (AvgIpc) is 2.94. The zero-order valence-electron chi connectivity index (χ0n) is 11.7. The molecule has 0 radical (unpaired) electrons. The maximum Gasteiger partial charge on any atom is 0.258 e. The van der Waals surface area contributed by atoms with Gasteiger partial charge in [-0.15, -0.1) is 0 Å². The van der Waals surface area contributed by atoms with Crippen molar-refractivity contribution in [1.82, 2.24) is 14.7 Å². The van der Waals surface area contributed by atoms with Gasteiger partial charge in [0.2, 0.25) is 0 Å². The predicted octanol–water partition coefficient (Wildman–Crippen LogP) is 2.79. The lowest BCUT2D eigenvalue weighted by molar-refractivity contribution is -0.123. The van der Waals surface area contributed by atoms with Crippen LogP contribution in [0, 0.1) is 0 Å². The lowest BCUT2D eigenvalue weighted by atomic mass is 10.3. The van der Waals surface area contributed by atoms with Gasteiger partial charge >= 0.3 is 0 Å². The summed E-state index contributed by atoms with van der Waals surface area (Å²) in [4.78, 5) is 16.2. The van der Waals surface area contributed by atoms with E-state index >= 15 is 0 Å². The molecule has 0 saturated heterocycles. The second kappa shape index (κ2) is 6.62. The molecule has 1 N–H and O–H groups in total. The highest BCUT2D eigenvalue weighted by atomic mass is 79.9. The monoisotopic (exact) mass is 359 g/mol. The topological polar surface area (TPSA) is 55.6 Å². The summed E-state index contributed by atoms with van der Waals surface area (Å²) in [5, 5.41) is 2.79. The number of benzene rings is 1. The zero-order valence-corrected chi connectivity index (χ0v) is 13.3. The number of imidazole rings is 1. The van der Waals surface area contributed by atoms with Gasteiger partial charge < -0.3 is 14.5 Å². The molecule has 0 unspecified atom stereocenters. The Morgan fingerprint density at radius 3 is 2.82 bits per heavy atom. The van der Waals surface area contributed by atoms with E-state index in [2.05, 4.69) is 26.2 Å². The molecule has 1 aromatic carbocycles. The van der Waals surface area contributed by atoms with Crippen molar-refractivity contribution in [2.24, 2.45) is 0 Å². The quantitative estimate of drug-likeness (QED) is 0.761. The van der Waals surface area contributed by atoms with Crippen molar-refractivity contribution in [3.63, 3.8) is 0 Å². The van der Waals surface area contributed by atoms with E-state index in [-0.39, 0.29) is 12.5 Å². The van der Waals surface area contributed by atoms with Crippen LogP contribution in [-0.2, 0) is 11.3 Å². The minimum Gasteiger partial charge on any atom is -0.484 e. The Morgan fingerprint density at radius 2 is 2.00 bits per heavy atom. The summed E-state index contributed by atoms with van der Waals surface area (Å²) in [5.74, 6) is 0.498. The van der Waals surface area contributed by atoms with Gasteiger partial charge in [0, 0.05) is 16.9 Å². The van der Waals surface area contributed by atoms with Crippen LogP contribution in [0.2, 0.25) is 0 Å². The first-order chi connectivity index (χ1) is 10.7. The van der Waals surface area contributed by atoms with Crippen LogP contribution in [0.3, 0.4) is 0 Å². The Kier molecular flexibility index (Phi) is 4.39. The molecule has 0 spiro atoms. The molecule has 0 saturated carbocycles. The molecule has 2 heterocycles. The van der Waals surface area contributed by atoms with Gasteiger partial charge in [-0.3, -0.25) is 4.79 Å². The van der Waals surface area contributed by atoms with Gasteiger partial charge in [-0.05, 0) is 40.2 Å². The maximum atomic E-state index is 11.8. The molecule has 22 heavy (non-hydrogen) atoms. The number of pyridine rings is 1. The largest absolute Gasteiger partial charge is 0.484 e. The van der Waals surface area contributed by atoms with Crippen molar-refractivity contribution in [3.05, 3.63) is 65.0 Å². The third kappa shape index (κ3) is 3.65. The number of amides is 1. The lowest BCUT2D eigenvalue weighted by Gasteiger charge is -2.06. The Hall–Kier alpha value is -2.34. The molecule has 0 fully saturated rings. The number of ether oxygens (including phenoxy) is 1. The smallest absolute Gasteiger partial charge is 0.258 e. The highest BCUT2D eigenvalue weighted by molar-refractivity contribution is 9.10. The number of aromatic nitrogens is 2. The van der Waals surface area contributed by atoms with Gasteiger partial charge in [0.15, 0.2) is 6.61 Å². The number of fused-ring (bicyclic) bond motifs is 1. The molecular weight excluding hydrogens is 346 g/mol. The van der Waals surface area contributed by atoms with Crippen molar-refractivity contribution in [1.29, 1.82) is 0 Å². The highest BCUT2D eigenvalue weighted by Gasteiger charge is 2.06. The standard InChI is InChI=1S/C16H14BrN3O2/c17-12-6-7-15-19-13(10-20(15)9-12)8-18-16(21)11-22-14-4-2-1-3-5-14/h1-7,9-10H,8,11H2,(H,18,21). The fourth-order valence-electron chi connectivity index (χ4n) is 2.01. The van der Waals surface area contributed by atoms with Gasteiger partial charge in [-0.2, -0.15) is 0 Å². The molecule has 0 bridgehead atoms. The van der Waals surface area contributed by atoms with E-state index in [0.29, 0.717) is 12.3 Å². The van der Waals surface area contributed by atoms with E-state index in [1.54, 1.807) is 0 Å². The molecule has 1 amide bonds. The van der Waals surface area contributed by atoms with Gasteiger partial charge in [-0.1, -0.05) is 18.2 Å². The van der Waals surface area contributed by atoms with Crippen LogP contribution in [0.5, 0.6) is 5.75 Å². The molecule has 112 valence electrons. The van der Waals surface area contributed by atoms with E-state index < -0.39 is 0 Å². The molecule has 6 heteroatoms. The number of halogens is 1. The summed E-state index contributed by atoms with van der Waals surface area (Å²) in [5.41, 5.74) is 1.64. The predicted molar refractivity (Wildman–Crippen MR) is 86.7 cm³/mol. The number of hydrogen-bond donors (Lipinski definition) is 1. The molecule has 0 aliphatic rings. The first-order valence-corrected chi connectivity index (χ1v) is 7.58. The summed E-state index contributed by atoms with van der Waals surface area (Å²) < 4.78 is 8.27. The summed E-state index contributed by atoms with van der Waals surface area (Å²) in [6.07, 6.45) is 3.81. The fraction of sp³-hybridized carbons (Fsp3) is 0.125. The third-order valence-electron chi connectivity index (χ3n) is 3.04. The van der Waals surface area contributed by atoms with E-state index in [9.17, 15) is 4.79 Å². The van der Waals surface area contributed by atoms with E-state index in [1.165, 1.54) is 0 Å². The Balaban J connectivity index is 1.53. The van der Waals surface area contributed by atoms with E-state index in [0.717, 1.165) is 15.8 Å². The van der Waals surface area contributed by atoms with Crippen molar-refractivity contribution in [3.8, 4) is 5.75 Å². The van der Waals surface area contributed by atoms with Crippen LogP contribution >= 0.6 is 15.9 Å². The summed E-state index contributed by atoms with van der Waals surface area (Å²) in [6.45, 7) is 0.360. The number of rotatable bonds is 5. The van der Waals surface area contributed by atoms with Crippen LogP contribution in [-0.4, -0.2) is 21.9 Å². The molecule has 0 aliphatic carbocycles. The molecule has 0 atom stereocenters. The van der Waals surface area contributed by atoms with Crippen LogP contribution in [0.15, 0.2) is 59.3 Å². The molecule has 3 rings (SSSR count). The van der Waals surface area contributed by atoms with Gasteiger partial charge in [0.1, 0.15) is 11.4 Å². The minimum atomic E-state index is -0.179. The number of nitrogens with one attached hydrogen (secondary N) is 1. The number of para-hydroxylation sites is 1. The zero-order chi connectivity index (χ0) is 15.4. The minimum absolute atomic E-state index is 0.0110. The third-order valence-corrected chi connectivity index (χ3v) is 3.51. The Labute approximate surface area is 136 Å². The summed E-state index contributed by atoms with van der Waals surface area (Å²) in [7, 11) is 0. The van der Waals surface area contributed by atoms with Crippen molar-refractivity contribution in [2.45, 2.75) is 6.54 Å². The second-order valence-electron chi connectivity index (χ2n) is 4.72. The molecule has 3 aromatic rings. The second-order valence-corrected chi connectivity index (χ2v) is 5.64. The fourth-order valence-corrected chi connectivity index (χ4v) is 2.36. The normalized spacial score (nSPS) is 10.6. The van der Waals surface area contributed by atoms with Crippen molar-refractivity contribution >= 4 is 27.5 Å². The summed E-state index contributed by atoms with van der Waals surface area (Å²) >= 11 is 3.41. The van der Waals surface area contributed by atoms with Gasteiger partial charge in [0.05, 0.1) is 12.2 Å². The van der Waals surface area contributed by atoms with Gasteiger partial charge in [-0.25, -0.2) is 4.98 Å². The first kappa shape index (κ1) is 14.6.